The number of phenols is 1. The molecule has 142 valence electrons. The van der Waals surface area contributed by atoms with Crippen LogP contribution in [0.15, 0.2) is 36.5 Å². The van der Waals surface area contributed by atoms with Crippen LogP contribution in [0.4, 0.5) is 0 Å². The van der Waals surface area contributed by atoms with Crippen LogP contribution in [0.5, 0.6) is 5.75 Å². The first-order valence-corrected chi connectivity index (χ1v) is 9.08. The molecule has 3 heterocycles. The number of rotatable bonds is 3. The molecule has 2 aliphatic rings. The molecule has 2 aliphatic heterocycles. The minimum Gasteiger partial charge on any atom is -0.508 e. The van der Waals surface area contributed by atoms with Crippen LogP contribution in [0.2, 0.25) is 0 Å². The van der Waals surface area contributed by atoms with E-state index in [0.717, 1.165) is 5.69 Å². The summed E-state index contributed by atoms with van der Waals surface area (Å²) in [5.74, 6) is -0.0551. The van der Waals surface area contributed by atoms with Gasteiger partial charge in [0.2, 0.25) is 5.91 Å². The summed E-state index contributed by atoms with van der Waals surface area (Å²) in [5.41, 5.74) is 1.33. The topological polar surface area (TPSA) is 87.9 Å². The maximum absolute atomic E-state index is 12.9. The summed E-state index contributed by atoms with van der Waals surface area (Å²) in [6.45, 7) is 3.15. The number of aromatic hydroxyl groups is 1. The highest BCUT2D eigenvalue weighted by atomic mass is 16.5. The summed E-state index contributed by atoms with van der Waals surface area (Å²) in [6, 6.07) is 7.99. The van der Waals surface area contributed by atoms with Crippen molar-refractivity contribution < 1.29 is 19.4 Å². The molecule has 0 aliphatic carbocycles. The van der Waals surface area contributed by atoms with Gasteiger partial charge in [0.25, 0.3) is 5.91 Å². The number of aromatic nitrogens is 2. The Morgan fingerprint density at radius 1 is 1.19 bits per heavy atom. The van der Waals surface area contributed by atoms with E-state index in [1.165, 1.54) is 12.1 Å². The van der Waals surface area contributed by atoms with Gasteiger partial charge in [-0.05, 0) is 24.3 Å². The monoisotopic (exact) mass is 370 g/mol. The van der Waals surface area contributed by atoms with Crippen molar-refractivity contribution in [3.63, 3.8) is 0 Å². The van der Waals surface area contributed by atoms with Gasteiger partial charge >= 0.3 is 0 Å². The van der Waals surface area contributed by atoms with E-state index in [1.807, 2.05) is 15.6 Å². The predicted molar refractivity (Wildman–Crippen MR) is 96.1 cm³/mol. The van der Waals surface area contributed by atoms with Crippen LogP contribution < -0.4 is 0 Å². The predicted octanol–water partition coefficient (Wildman–Crippen LogP) is 1.03. The number of carbonyl (C=O) groups excluding carboxylic acids is 2. The maximum Gasteiger partial charge on any atom is 0.254 e. The average Bonchev–Trinajstić information content (AvgIpc) is 3.17. The number of nitrogens with zero attached hydrogens (tertiary/aromatic N) is 4. The minimum absolute atomic E-state index is 0.0522. The van der Waals surface area contributed by atoms with E-state index < -0.39 is 0 Å². The highest BCUT2D eigenvalue weighted by Gasteiger charge is 2.32. The second kappa shape index (κ2) is 7.40. The highest BCUT2D eigenvalue weighted by Crippen LogP contribution is 2.26. The standard InChI is InChI=1S/C19H22N4O4/c24-17-3-1-2-14(10-17)19(26)22-12-15-4-5-20-23(15)16(13-22)11-18(25)21-6-8-27-9-7-21/h1-5,10,16,24H,6-9,11-13H2. The maximum atomic E-state index is 12.9. The molecular weight excluding hydrogens is 348 g/mol. The van der Waals surface area contributed by atoms with E-state index in [-0.39, 0.29) is 23.6 Å². The molecule has 27 heavy (non-hydrogen) atoms. The fourth-order valence-corrected chi connectivity index (χ4v) is 3.66. The Morgan fingerprint density at radius 2 is 2.00 bits per heavy atom. The molecule has 1 saturated heterocycles. The van der Waals surface area contributed by atoms with E-state index >= 15 is 0 Å². The van der Waals surface area contributed by atoms with Crippen LogP contribution >= 0.6 is 0 Å². The highest BCUT2D eigenvalue weighted by molar-refractivity contribution is 5.94. The number of fused-ring (bicyclic) bond motifs is 1. The lowest BCUT2D eigenvalue weighted by Gasteiger charge is -2.35. The minimum atomic E-state index is -0.208. The van der Waals surface area contributed by atoms with Crippen molar-refractivity contribution in [3.8, 4) is 5.75 Å². The Bertz CT molecular complexity index is 844. The third-order valence-corrected chi connectivity index (χ3v) is 5.04. The number of ether oxygens (including phenoxy) is 1. The molecule has 1 aromatic carbocycles. The van der Waals surface area contributed by atoms with E-state index in [2.05, 4.69) is 5.10 Å². The van der Waals surface area contributed by atoms with Crippen LogP contribution in [0.3, 0.4) is 0 Å². The number of carbonyl (C=O) groups is 2. The molecule has 8 heteroatoms. The summed E-state index contributed by atoms with van der Waals surface area (Å²) < 4.78 is 7.16. The van der Waals surface area contributed by atoms with E-state index in [4.69, 9.17) is 4.74 Å². The molecule has 0 radical (unpaired) electrons. The molecule has 1 fully saturated rings. The fraction of sp³-hybridized carbons (Fsp3) is 0.421. The van der Waals surface area contributed by atoms with Crippen molar-refractivity contribution >= 4 is 11.8 Å². The molecule has 4 rings (SSSR count). The number of hydrogen-bond acceptors (Lipinski definition) is 5. The number of benzene rings is 1. The molecule has 8 nitrogen and oxygen atoms in total. The Morgan fingerprint density at radius 3 is 2.78 bits per heavy atom. The number of amides is 2. The number of phenolic OH excluding ortho intramolecular Hbond substituents is 1. The first kappa shape index (κ1) is 17.5. The first-order chi connectivity index (χ1) is 13.1. The van der Waals surface area contributed by atoms with Crippen molar-refractivity contribution in [1.82, 2.24) is 19.6 Å². The number of hydrogen-bond donors (Lipinski definition) is 1. The summed E-state index contributed by atoms with van der Waals surface area (Å²) in [7, 11) is 0. The van der Waals surface area contributed by atoms with Gasteiger partial charge in [-0.25, -0.2) is 0 Å². The van der Waals surface area contributed by atoms with Gasteiger partial charge in [0.05, 0.1) is 37.9 Å². The Balaban J connectivity index is 1.52. The van der Waals surface area contributed by atoms with Gasteiger partial charge in [-0.15, -0.1) is 0 Å². The lowest BCUT2D eigenvalue weighted by molar-refractivity contribution is -0.136. The Labute approximate surface area is 156 Å². The molecule has 0 saturated carbocycles. The SMILES string of the molecule is O=C(CC1CN(C(=O)c2cccc(O)c2)Cc2ccnn21)N1CCOCC1. The van der Waals surface area contributed by atoms with Crippen molar-refractivity contribution in [1.29, 1.82) is 0 Å². The zero-order valence-electron chi connectivity index (χ0n) is 15.0. The van der Waals surface area contributed by atoms with Gasteiger partial charge in [0.15, 0.2) is 0 Å². The summed E-state index contributed by atoms with van der Waals surface area (Å²) >= 11 is 0. The molecule has 1 atom stereocenters. The smallest absolute Gasteiger partial charge is 0.254 e. The van der Waals surface area contributed by atoms with Crippen molar-refractivity contribution in [2.45, 2.75) is 19.0 Å². The second-order valence-electron chi connectivity index (χ2n) is 6.85. The van der Waals surface area contributed by atoms with Crippen LogP contribution in [-0.4, -0.2) is 69.3 Å². The Hall–Kier alpha value is -2.87. The van der Waals surface area contributed by atoms with Gasteiger partial charge in [0, 0.05) is 31.4 Å². The van der Waals surface area contributed by atoms with E-state index in [0.29, 0.717) is 51.4 Å². The van der Waals surface area contributed by atoms with E-state index in [9.17, 15) is 14.7 Å². The second-order valence-corrected chi connectivity index (χ2v) is 6.85. The third-order valence-electron chi connectivity index (χ3n) is 5.04. The van der Waals surface area contributed by atoms with Crippen molar-refractivity contribution in [2.75, 3.05) is 32.8 Å². The lowest BCUT2D eigenvalue weighted by atomic mass is 10.1. The largest absolute Gasteiger partial charge is 0.508 e. The van der Waals surface area contributed by atoms with Gasteiger partial charge in [-0.3, -0.25) is 14.3 Å². The molecule has 2 amide bonds. The molecule has 1 unspecified atom stereocenters. The first-order valence-electron chi connectivity index (χ1n) is 9.08. The van der Waals surface area contributed by atoms with Crippen LogP contribution in [-0.2, 0) is 16.1 Å². The molecule has 1 aromatic heterocycles. The average molecular weight is 370 g/mol. The van der Waals surface area contributed by atoms with Crippen LogP contribution in [0.1, 0.15) is 28.5 Å². The van der Waals surface area contributed by atoms with Crippen molar-refractivity contribution in [2.24, 2.45) is 0 Å². The third kappa shape index (κ3) is 3.66. The van der Waals surface area contributed by atoms with Gasteiger partial charge < -0.3 is 19.6 Å². The summed E-state index contributed by atoms with van der Waals surface area (Å²) in [4.78, 5) is 29.1. The molecule has 0 spiro atoms. The van der Waals surface area contributed by atoms with Gasteiger partial charge in [-0.2, -0.15) is 5.10 Å². The quantitative estimate of drug-likeness (QED) is 0.872. The molecular formula is C19H22N4O4. The van der Waals surface area contributed by atoms with E-state index in [1.54, 1.807) is 23.2 Å². The van der Waals surface area contributed by atoms with Crippen LogP contribution in [0, 0.1) is 0 Å². The molecule has 2 aromatic rings. The van der Waals surface area contributed by atoms with Crippen molar-refractivity contribution in [3.05, 3.63) is 47.8 Å². The van der Waals surface area contributed by atoms with Gasteiger partial charge in [0.1, 0.15) is 5.75 Å². The molecule has 0 bridgehead atoms. The lowest BCUT2D eigenvalue weighted by Crippen LogP contribution is -2.45. The zero-order chi connectivity index (χ0) is 18.8. The Kier molecular flexibility index (Phi) is 4.81. The number of morpholine rings is 1. The summed E-state index contributed by atoms with van der Waals surface area (Å²) in [6.07, 6.45) is 1.99. The van der Waals surface area contributed by atoms with Crippen LogP contribution in [0.25, 0.3) is 0 Å². The summed E-state index contributed by atoms with van der Waals surface area (Å²) in [5, 5.41) is 14.0. The molecule has 1 N–H and O–H groups in total. The van der Waals surface area contributed by atoms with Gasteiger partial charge in [-0.1, -0.05) is 6.07 Å². The normalized spacial score (nSPS) is 19.6. The zero-order valence-corrected chi connectivity index (χ0v) is 15.0. The fourth-order valence-electron chi connectivity index (χ4n) is 3.66.